The van der Waals surface area contributed by atoms with Gasteiger partial charge in [-0.05, 0) is 31.2 Å². The summed E-state index contributed by atoms with van der Waals surface area (Å²) in [6.45, 7) is 1.98. The first kappa shape index (κ1) is 12.9. The van der Waals surface area contributed by atoms with E-state index >= 15 is 0 Å². The lowest BCUT2D eigenvalue weighted by atomic mass is 10.2. The van der Waals surface area contributed by atoms with Gasteiger partial charge in [0.05, 0.1) is 11.7 Å². The van der Waals surface area contributed by atoms with E-state index in [9.17, 15) is 4.79 Å². The van der Waals surface area contributed by atoms with Gasteiger partial charge in [0, 0.05) is 13.2 Å². The maximum atomic E-state index is 11.3. The molecule has 2 aromatic heterocycles. The van der Waals surface area contributed by atoms with Gasteiger partial charge in [-0.3, -0.25) is 9.78 Å². The maximum Gasteiger partial charge on any atom is 0.271 e. The van der Waals surface area contributed by atoms with Crippen LogP contribution >= 0.6 is 0 Å². The highest BCUT2D eigenvalue weighted by atomic mass is 16.1. The zero-order chi connectivity index (χ0) is 13.7. The van der Waals surface area contributed by atoms with Crippen molar-refractivity contribution in [2.45, 2.75) is 13.0 Å². The molecule has 0 aliphatic rings. The Hall–Kier alpha value is -2.50. The van der Waals surface area contributed by atoms with Crippen molar-refractivity contribution in [3.8, 4) is 0 Å². The van der Waals surface area contributed by atoms with Gasteiger partial charge in [-0.25, -0.2) is 0 Å². The Morgan fingerprint density at radius 1 is 1.21 bits per heavy atom. The Balaban J connectivity index is 2.06. The number of nitrogens with zero attached hydrogens (tertiary/aromatic N) is 3. The molecule has 2 rings (SSSR count). The van der Waals surface area contributed by atoms with Gasteiger partial charge in [0.1, 0.15) is 5.82 Å². The SMILES string of the molecule is CNC(=O)c1ccc(NC(C)c2ccccn2)nn1. The smallest absolute Gasteiger partial charge is 0.271 e. The van der Waals surface area contributed by atoms with Crippen LogP contribution in [0.1, 0.15) is 29.1 Å². The van der Waals surface area contributed by atoms with E-state index in [1.807, 2.05) is 25.1 Å². The first-order chi connectivity index (χ1) is 9.20. The van der Waals surface area contributed by atoms with Gasteiger partial charge in [0.25, 0.3) is 5.91 Å². The molecule has 0 bridgehead atoms. The number of pyridine rings is 1. The molecule has 0 aromatic carbocycles. The molecule has 0 aliphatic heterocycles. The van der Waals surface area contributed by atoms with Gasteiger partial charge in [0.15, 0.2) is 5.69 Å². The predicted octanol–water partition coefficient (Wildman–Crippen LogP) is 1.40. The summed E-state index contributed by atoms with van der Waals surface area (Å²) < 4.78 is 0. The molecule has 0 radical (unpaired) electrons. The molecule has 6 nitrogen and oxygen atoms in total. The van der Waals surface area contributed by atoms with Crippen LogP contribution in [0.4, 0.5) is 5.82 Å². The number of carbonyl (C=O) groups is 1. The number of amides is 1. The maximum absolute atomic E-state index is 11.3. The standard InChI is InChI=1S/C13H15N5O/c1-9(10-5-3-4-8-15-10)16-12-7-6-11(17-18-12)13(19)14-2/h3-9H,1-2H3,(H,14,19)(H,16,18). The van der Waals surface area contributed by atoms with Crippen molar-refractivity contribution < 1.29 is 4.79 Å². The van der Waals surface area contributed by atoms with Crippen LogP contribution in [0.5, 0.6) is 0 Å². The molecule has 6 heteroatoms. The molecular formula is C13H15N5O. The zero-order valence-corrected chi connectivity index (χ0v) is 10.8. The molecule has 0 aliphatic carbocycles. The highest BCUT2D eigenvalue weighted by Crippen LogP contribution is 2.14. The minimum absolute atomic E-state index is 0.0151. The number of nitrogens with one attached hydrogen (secondary N) is 2. The van der Waals surface area contributed by atoms with Crippen LogP contribution in [0.3, 0.4) is 0 Å². The van der Waals surface area contributed by atoms with Crippen molar-refractivity contribution in [1.82, 2.24) is 20.5 Å². The van der Waals surface area contributed by atoms with Crippen molar-refractivity contribution in [3.63, 3.8) is 0 Å². The third-order valence-electron chi connectivity index (χ3n) is 2.62. The quantitative estimate of drug-likeness (QED) is 0.865. The van der Waals surface area contributed by atoms with Gasteiger partial charge < -0.3 is 10.6 Å². The van der Waals surface area contributed by atoms with Crippen molar-refractivity contribution >= 4 is 11.7 Å². The molecule has 0 fully saturated rings. The van der Waals surface area contributed by atoms with Crippen molar-refractivity contribution in [1.29, 1.82) is 0 Å². The average Bonchev–Trinajstić information content (AvgIpc) is 2.48. The van der Waals surface area contributed by atoms with E-state index in [-0.39, 0.29) is 11.9 Å². The summed E-state index contributed by atoms with van der Waals surface area (Å²) in [6.07, 6.45) is 1.74. The van der Waals surface area contributed by atoms with E-state index < -0.39 is 0 Å². The van der Waals surface area contributed by atoms with Crippen LogP contribution < -0.4 is 10.6 Å². The summed E-state index contributed by atoms with van der Waals surface area (Å²) in [4.78, 5) is 15.6. The largest absolute Gasteiger partial charge is 0.360 e. The summed E-state index contributed by atoms with van der Waals surface area (Å²) in [5.74, 6) is 0.350. The van der Waals surface area contributed by atoms with Crippen LogP contribution in [0, 0.1) is 0 Å². The molecule has 0 spiro atoms. The van der Waals surface area contributed by atoms with Gasteiger partial charge >= 0.3 is 0 Å². The molecule has 1 amide bonds. The molecule has 2 heterocycles. The number of hydrogen-bond donors (Lipinski definition) is 2. The lowest BCUT2D eigenvalue weighted by molar-refractivity contribution is 0.0957. The molecule has 0 saturated heterocycles. The van der Waals surface area contributed by atoms with E-state index in [0.29, 0.717) is 11.5 Å². The molecule has 0 saturated carbocycles. The highest BCUT2D eigenvalue weighted by molar-refractivity contribution is 5.91. The van der Waals surface area contributed by atoms with Crippen molar-refractivity contribution in [2.24, 2.45) is 0 Å². The molecule has 1 atom stereocenters. The number of rotatable bonds is 4. The monoisotopic (exact) mass is 257 g/mol. The van der Waals surface area contributed by atoms with Gasteiger partial charge in [-0.15, -0.1) is 10.2 Å². The summed E-state index contributed by atoms with van der Waals surface area (Å²) in [5, 5.41) is 13.5. The third-order valence-corrected chi connectivity index (χ3v) is 2.62. The molecule has 2 N–H and O–H groups in total. The Kier molecular flexibility index (Phi) is 4.02. The second-order valence-corrected chi connectivity index (χ2v) is 4.00. The van der Waals surface area contributed by atoms with Crippen LogP contribution in [0.15, 0.2) is 36.5 Å². The van der Waals surface area contributed by atoms with Crippen LogP contribution in [-0.4, -0.2) is 28.1 Å². The number of carbonyl (C=O) groups excluding carboxylic acids is 1. The summed E-state index contributed by atoms with van der Waals surface area (Å²) in [5.41, 5.74) is 1.21. The summed E-state index contributed by atoms with van der Waals surface area (Å²) >= 11 is 0. The molecule has 1 unspecified atom stereocenters. The third kappa shape index (κ3) is 3.25. The molecule has 19 heavy (non-hydrogen) atoms. The normalized spacial score (nSPS) is 11.7. The minimum atomic E-state index is -0.253. The van der Waals surface area contributed by atoms with Gasteiger partial charge in [0.2, 0.25) is 0 Å². The van der Waals surface area contributed by atoms with Crippen molar-refractivity contribution in [3.05, 3.63) is 47.9 Å². The Labute approximate surface area is 111 Å². The van der Waals surface area contributed by atoms with E-state index in [4.69, 9.17) is 0 Å². The van der Waals surface area contributed by atoms with Crippen molar-refractivity contribution in [2.75, 3.05) is 12.4 Å². The fourth-order valence-corrected chi connectivity index (χ4v) is 1.59. The van der Waals surface area contributed by atoms with E-state index in [0.717, 1.165) is 5.69 Å². The second kappa shape index (κ2) is 5.90. The summed E-state index contributed by atoms with van der Waals surface area (Å²) in [6, 6.07) is 9.09. The van der Waals surface area contributed by atoms with Gasteiger partial charge in [-0.1, -0.05) is 6.07 Å². The Morgan fingerprint density at radius 3 is 2.63 bits per heavy atom. The van der Waals surface area contributed by atoms with Crippen LogP contribution in [0.25, 0.3) is 0 Å². The van der Waals surface area contributed by atoms with E-state index in [2.05, 4.69) is 25.8 Å². The number of aromatic nitrogens is 3. The zero-order valence-electron chi connectivity index (χ0n) is 10.8. The average molecular weight is 257 g/mol. The molecule has 98 valence electrons. The predicted molar refractivity (Wildman–Crippen MR) is 71.7 cm³/mol. The summed E-state index contributed by atoms with van der Waals surface area (Å²) in [7, 11) is 1.55. The highest BCUT2D eigenvalue weighted by Gasteiger charge is 2.09. The Morgan fingerprint density at radius 2 is 2.05 bits per heavy atom. The second-order valence-electron chi connectivity index (χ2n) is 4.00. The van der Waals surface area contributed by atoms with Crippen LogP contribution in [0.2, 0.25) is 0 Å². The minimum Gasteiger partial charge on any atom is -0.360 e. The fraction of sp³-hybridized carbons (Fsp3) is 0.231. The number of hydrogen-bond acceptors (Lipinski definition) is 5. The molecule has 2 aromatic rings. The fourth-order valence-electron chi connectivity index (χ4n) is 1.59. The lowest BCUT2D eigenvalue weighted by Gasteiger charge is -2.13. The topological polar surface area (TPSA) is 79.8 Å². The Bertz CT molecular complexity index is 541. The first-order valence-electron chi connectivity index (χ1n) is 5.94. The lowest BCUT2D eigenvalue weighted by Crippen LogP contribution is -2.20. The van der Waals surface area contributed by atoms with E-state index in [1.54, 1.807) is 25.4 Å². The number of anilines is 1. The van der Waals surface area contributed by atoms with Crippen LogP contribution in [-0.2, 0) is 0 Å². The molecular weight excluding hydrogens is 242 g/mol. The first-order valence-corrected chi connectivity index (χ1v) is 5.94. The van der Waals surface area contributed by atoms with Gasteiger partial charge in [-0.2, -0.15) is 0 Å². The van der Waals surface area contributed by atoms with E-state index in [1.165, 1.54) is 0 Å².